The number of phenols is 1. The van der Waals surface area contributed by atoms with Crippen molar-refractivity contribution in [3.05, 3.63) is 40.2 Å². The molecule has 1 heterocycles. The lowest BCUT2D eigenvalue weighted by molar-refractivity contribution is 0.478. The van der Waals surface area contributed by atoms with Crippen LogP contribution in [0.15, 0.2) is 33.5 Å². The van der Waals surface area contributed by atoms with E-state index in [1.807, 2.05) is 0 Å². The molecule has 1 N–H and O–H groups in total. The molecule has 0 atom stereocenters. The van der Waals surface area contributed by atoms with Crippen LogP contribution in [0.3, 0.4) is 0 Å². The second kappa shape index (κ2) is 2.62. The first-order chi connectivity index (χ1) is 6.18. The van der Waals surface area contributed by atoms with Crippen LogP contribution in [0.5, 0.6) is 5.75 Å². The summed E-state index contributed by atoms with van der Waals surface area (Å²) in [5, 5.41) is 10.1. The maximum atomic E-state index is 11.0. The molecule has 66 valence electrons. The molecule has 1 aromatic carbocycles. The lowest BCUT2D eigenvalue weighted by Crippen LogP contribution is -1.97. The van der Waals surface area contributed by atoms with Gasteiger partial charge in [-0.15, -0.1) is 0 Å². The van der Waals surface area contributed by atoms with Gasteiger partial charge in [0.15, 0.2) is 0 Å². The molecule has 0 saturated heterocycles. The molecule has 0 aliphatic carbocycles. The zero-order valence-electron chi connectivity index (χ0n) is 7.07. The Hall–Kier alpha value is -1.77. The number of phenolic OH excluding ortho intramolecular Hbond substituents is 1. The molecular weight excluding hydrogens is 168 g/mol. The number of aromatic hydroxyl groups is 1. The molecular formula is C10H8O3. The third-order valence-corrected chi connectivity index (χ3v) is 1.94. The first-order valence-corrected chi connectivity index (χ1v) is 3.91. The summed E-state index contributed by atoms with van der Waals surface area (Å²) >= 11 is 0. The van der Waals surface area contributed by atoms with Gasteiger partial charge in [0.05, 0.1) is 5.39 Å². The summed E-state index contributed by atoms with van der Waals surface area (Å²) in [6, 6.07) is 6.22. The molecule has 0 aliphatic rings. The Labute approximate surface area is 74.2 Å². The summed E-state index contributed by atoms with van der Waals surface area (Å²) in [5.41, 5.74) is 0.755. The first-order valence-electron chi connectivity index (χ1n) is 3.91. The Morgan fingerprint density at radius 2 is 2.15 bits per heavy atom. The second-order valence-electron chi connectivity index (χ2n) is 2.90. The number of aryl methyl sites for hydroxylation is 1. The van der Waals surface area contributed by atoms with E-state index in [0.717, 1.165) is 5.56 Å². The van der Waals surface area contributed by atoms with Gasteiger partial charge in [0, 0.05) is 6.07 Å². The molecule has 3 heteroatoms. The molecule has 0 bridgehead atoms. The van der Waals surface area contributed by atoms with Gasteiger partial charge in [-0.3, -0.25) is 0 Å². The Morgan fingerprint density at radius 3 is 2.92 bits per heavy atom. The fourth-order valence-electron chi connectivity index (χ4n) is 1.39. The van der Waals surface area contributed by atoms with Crippen LogP contribution in [0.25, 0.3) is 11.0 Å². The fourth-order valence-corrected chi connectivity index (χ4v) is 1.39. The van der Waals surface area contributed by atoms with Gasteiger partial charge in [-0.1, -0.05) is 6.07 Å². The van der Waals surface area contributed by atoms with Crippen molar-refractivity contribution in [2.45, 2.75) is 6.92 Å². The van der Waals surface area contributed by atoms with Crippen LogP contribution in [0.2, 0.25) is 0 Å². The smallest absolute Gasteiger partial charge is 0.336 e. The summed E-state index contributed by atoms with van der Waals surface area (Å²) in [6.45, 7) is 1.76. The Morgan fingerprint density at radius 1 is 1.38 bits per heavy atom. The average molecular weight is 176 g/mol. The molecule has 0 fully saturated rings. The lowest BCUT2D eigenvalue weighted by atomic mass is 10.1. The minimum absolute atomic E-state index is 0.138. The molecule has 2 aromatic rings. The third kappa shape index (κ3) is 1.18. The van der Waals surface area contributed by atoms with Crippen LogP contribution < -0.4 is 5.63 Å². The van der Waals surface area contributed by atoms with Crippen LogP contribution in [-0.4, -0.2) is 5.11 Å². The zero-order chi connectivity index (χ0) is 9.42. The van der Waals surface area contributed by atoms with Crippen molar-refractivity contribution in [1.29, 1.82) is 0 Å². The minimum Gasteiger partial charge on any atom is -0.507 e. The number of hydrogen-bond donors (Lipinski definition) is 1. The highest BCUT2D eigenvalue weighted by molar-refractivity contribution is 5.86. The number of fused-ring (bicyclic) bond motifs is 1. The van der Waals surface area contributed by atoms with Crippen LogP contribution in [0.1, 0.15) is 5.56 Å². The van der Waals surface area contributed by atoms with E-state index in [0.29, 0.717) is 11.0 Å². The van der Waals surface area contributed by atoms with E-state index in [-0.39, 0.29) is 5.75 Å². The van der Waals surface area contributed by atoms with Gasteiger partial charge < -0.3 is 9.52 Å². The SMILES string of the molecule is Cc1cc(=O)oc2cccc(O)c12. The predicted octanol–water partition coefficient (Wildman–Crippen LogP) is 1.81. The van der Waals surface area contributed by atoms with E-state index >= 15 is 0 Å². The molecule has 0 spiro atoms. The van der Waals surface area contributed by atoms with Crippen LogP contribution in [0.4, 0.5) is 0 Å². The lowest BCUT2D eigenvalue weighted by Gasteiger charge is -2.01. The average Bonchev–Trinajstić information content (AvgIpc) is 2.02. The van der Waals surface area contributed by atoms with Gasteiger partial charge in [0.1, 0.15) is 11.3 Å². The summed E-state index contributed by atoms with van der Waals surface area (Å²) in [5.74, 6) is 0.138. The summed E-state index contributed by atoms with van der Waals surface area (Å²) in [6.07, 6.45) is 0. The molecule has 2 rings (SSSR count). The number of benzene rings is 1. The van der Waals surface area contributed by atoms with Crippen LogP contribution in [-0.2, 0) is 0 Å². The van der Waals surface area contributed by atoms with E-state index < -0.39 is 5.63 Å². The Kier molecular flexibility index (Phi) is 1.59. The molecule has 3 nitrogen and oxygen atoms in total. The quantitative estimate of drug-likeness (QED) is 0.623. The van der Waals surface area contributed by atoms with Crippen LogP contribution in [0, 0.1) is 6.92 Å². The predicted molar refractivity (Wildman–Crippen MR) is 48.9 cm³/mol. The largest absolute Gasteiger partial charge is 0.507 e. The molecule has 0 unspecified atom stereocenters. The van der Waals surface area contributed by atoms with E-state index in [9.17, 15) is 9.90 Å². The molecule has 0 aliphatic heterocycles. The highest BCUT2D eigenvalue weighted by Gasteiger charge is 2.04. The molecule has 0 radical (unpaired) electrons. The van der Waals surface area contributed by atoms with E-state index in [1.54, 1.807) is 25.1 Å². The molecule has 13 heavy (non-hydrogen) atoms. The molecule has 1 aromatic heterocycles. The normalized spacial score (nSPS) is 10.5. The van der Waals surface area contributed by atoms with E-state index in [2.05, 4.69) is 0 Å². The fraction of sp³-hybridized carbons (Fsp3) is 0.100. The number of hydrogen-bond acceptors (Lipinski definition) is 3. The maximum absolute atomic E-state index is 11.0. The van der Waals surface area contributed by atoms with E-state index in [1.165, 1.54) is 6.07 Å². The van der Waals surface area contributed by atoms with Gasteiger partial charge in [0.25, 0.3) is 0 Å². The van der Waals surface area contributed by atoms with Gasteiger partial charge in [0.2, 0.25) is 0 Å². The number of rotatable bonds is 0. The van der Waals surface area contributed by atoms with Crippen molar-refractivity contribution in [2.24, 2.45) is 0 Å². The minimum atomic E-state index is -0.393. The van der Waals surface area contributed by atoms with Gasteiger partial charge in [-0.2, -0.15) is 0 Å². The van der Waals surface area contributed by atoms with Crippen molar-refractivity contribution in [3.8, 4) is 5.75 Å². The van der Waals surface area contributed by atoms with E-state index in [4.69, 9.17) is 4.42 Å². The standard InChI is InChI=1S/C10H8O3/c1-6-5-9(12)13-8-4-2-3-7(11)10(6)8/h2-5,11H,1H3. The summed E-state index contributed by atoms with van der Waals surface area (Å²) in [4.78, 5) is 11.0. The Bertz CT molecular complexity index is 511. The van der Waals surface area contributed by atoms with Crippen molar-refractivity contribution in [3.63, 3.8) is 0 Å². The molecule has 0 saturated carbocycles. The first kappa shape index (κ1) is 7.86. The van der Waals surface area contributed by atoms with Crippen LogP contribution >= 0.6 is 0 Å². The second-order valence-corrected chi connectivity index (χ2v) is 2.90. The van der Waals surface area contributed by atoms with Crippen molar-refractivity contribution in [2.75, 3.05) is 0 Å². The monoisotopic (exact) mass is 176 g/mol. The van der Waals surface area contributed by atoms with Crippen molar-refractivity contribution in [1.82, 2.24) is 0 Å². The van der Waals surface area contributed by atoms with Crippen molar-refractivity contribution < 1.29 is 9.52 Å². The summed E-state index contributed by atoms with van der Waals surface area (Å²) in [7, 11) is 0. The molecule has 0 amide bonds. The third-order valence-electron chi connectivity index (χ3n) is 1.94. The highest BCUT2D eigenvalue weighted by atomic mass is 16.4. The highest BCUT2D eigenvalue weighted by Crippen LogP contribution is 2.25. The topological polar surface area (TPSA) is 50.4 Å². The Balaban J connectivity index is 3.03. The van der Waals surface area contributed by atoms with Crippen molar-refractivity contribution >= 4 is 11.0 Å². The maximum Gasteiger partial charge on any atom is 0.336 e. The van der Waals surface area contributed by atoms with Gasteiger partial charge in [-0.25, -0.2) is 4.79 Å². The van der Waals surface area contributed by atoms with Gasteiger partial charge in [-0.05, 0) is 24.6 Å². The van der Waals surface area contributed by atoms with Gasteiger partial charge >= 0.3 is 5.63 Å². The zero-order valence-corrected chi connectivity index (χ0v) is 7.07. The summed E-state index contributed by atoms with van der Waals surface area (Å²) < 4.78 is 4.91.